The van der Waals surface area contributed by atoms with E-state index in [2.05, 4.69) is 4.99 Å². The van der Waals surface area contributed by atoms with Crippen molar-refractivity contribution in [2.75, 3.05) is 19.5 Å². The first-order valence-corrected chi connectivity index (χ1v) is 10.8. The highest BCUT2D eigenvalue weighted by Gasteiger charge is 2.21. The molecule has 32 heavy (non-hydrogen) atoms. The molecular formula is C23H25N3O5S. The van der Waals surface area contributed by atoms with Crippen LogP contribution in [0.4, 0.5) is 5.69 Å². The Bertz CT molecular complexity index is 1230. The molecule has 0 aliphatic rings. The molecule has 0 saturated carbocycles. The molecule has 0 radical (unpaired) electrons. The van der Waals surface area contributed by atoms with Crippen molar-refractivity contribution in [2.24, 2.45) is 19.1 Å². The molecule has 1 heterocycles. The number of methoxy groups -OCH3 is 1. The second kappa shape index (κ2) is 10.2. The van der Waals surface area contributed by atoms with Gasteiger partial charge in [-0.15, -0.1) is 11.8 Å². The molecule has 9 heteroatoms. The minimum atomic E-state index is -0.621. The molecule has 0 spiro atoms. The van der Waals surface area contributed by atoms with Crippen LogP contribution in [0.1, 0.15) is 11.1 Å². The van der Waals surface area contributed by atoms with Gasteiger partial charge in [-0.05, 0) is 43.3 Å². The van der Waals surface area contributed by atoms with Gasteiger partial charge in [0.05, 0.1) is 19.4 Å². The van der Waals surface area contributed by atoms with Crippen LogP contribution in [0.15, 0.2) is 63.1 Å². The molecule has 0 bridgehead atoms. The van der Waals surface area contributed by atoms with E-state index in [0.29, 0.717) is 23.8 Å². The lowest BCUT2D eigenvalue weighted by molar-refractivity contribution is 0.344. The van der Waals surface area contributed by atoms with Gasteiger partial charge < -0.3 is 14.6 Å². The van der Waals surface area contributed by atoms with E-state index >= 15 is 0 Å². The number of thioether (sulfide) groups is 1. The number of benzene rings is 2. The van der Waals surface area contributed by atoms with Gasteiger partial charge in [0.15, 0.2) is 0 Å². The summed E-state index contributed by atoms with van der Waals surface area (Å²) in [6, 6.07) is 14.7. The molecule has 0 saturated heterocycles. The smallest absolute Gasteiger partial charge is 0.333 e. The van der Waals surface area contributed by atoms with Gasteiger partial charge in [0.2, 0.25) is 5.88 Å². The summed E-state index contributed by atoms with van der Waals surface area (Å²) in [6.07, 6.45) is 0. The van der Waals surface area contributed by atoms with Crippen molar-refractivity contribution in [1.82, 2.24) is 9.13 Å². The summed E-state index contributed by atoms with van der Waals surface area (Å²) in [6.45, 7) is 2.36. The normalized spacial score (nSPS) is 11.4. The third kappa shape index (κ3) is 5.23. The van der Waals surface area contributed by atoms with Gasteiger partial charge in [-0.1, -0.05) is 17.7 Å². The Morgan fingerprint density at radius 2 is 1.62 bits per heavy atom. The largest absolute Gasteiger partial charge is 0.497 e. The molecule has 0 unspecified atom stereocenters. The van der Waals surface area contributed by atoms with Crippen LogP contribution in [-0.4, -0.2) is 38.8 Å². The van der Waals surface area contributed by atoms with Gasteiger partial charge in [-0.25, -0.2) is 9.79 Å². The summed E-state index contributed by atoms with van der Waals surface area (Å²) >= 11 is 1.26. The first-order valence-electron chi connectivity index (χ1n) is 9.86. The van der Waals surface area contributed by atoms with Crippen molar-refractivity contribution in [3.63, 3.8) is 0 Å². The molecule has 0 fully saturated rings. The minimum Gasteiger partial charge on any atom is -0.497 e. The van der Waals surface area contributed by atoms with Gasteiger partial charge in [0, 0.05) is 19.8 Å². The van der Waals surface area contributed by atoms with Gasteiger partial charge in [0.25, 0.3) is 5.56 Å². The average Bonchev–Trinajstić information content (AvgIpc) is 2.80. The monoisotopic (exact) mass is 455 g/mol. The summed E-state index contributed by atoms with van der Waals surface area (Å²) in [5.74, 6) is 1.45. The van der Waals surface area contributed by atoms with E-state index in [1.54, 1.807) is 31.4 Å². The highest BCUT2D eigenvalue weighted by atomic mass is 32.2. The number of aromatic nitrogens is 2. The van der Waals surface area contributed by atoms with Crippen LogP contribution in [0.5, 0.6) is 17.4 Å². The maximum absolute atomic E-state index is 12.8. The van der Waals surface area contributed by atoms with Crippen LogP contribution in [-0.2, 0) is 14.1 Å². The van der Waals surface area contributed by atoms with Gasteiger partial charge in [-0.2, -0.15) is 0 Å². The van der Waals surface area contributed by atoms with Crippen LogP contribution in [0.2, 0.25) is 0 Å². The van der Waals surface area contributed by atoms with Crippen LogP contribution < -0.4 is 20.7 Å². The zero-order chi connectivity index (χ0) is 23.3. The molecule has 1 N–H and O–H groups in total. The number of hydrogen-bond acceptors (Lipinski definition) is 7. The molecular weight excluding hydrogens is 430 g/mol. The topological polar surface area (TPSA) is 95.0 Å². The number of rotatable bonds is 7. The number of aromatic hydroxyl groups is 1. The van der Waals surface area contributed by atoms with Crippen molar-refractivity contribution in [3.8, 4) is 17.4 Å². The Morgan fingerprint density at radius 1 is 1.00 bits per heavy atom. The molecule has 3 rings (SSSR count). The van der Waals surface area contributed by atoms with Crippen LogP contribution in [0.3, 0.4) is 0 Å². The second-order valence-corrected chi connectivity index (χ2v) is 8.11. The first kappa shape index (κ1) is 23.2. The molecule has 0 aliphatic carbocycles. The van der Waals surface area contributed by atoms with E-state index in [1.165, 1.54) is 25.9 Å². The molecule has 8 nitrogen and oxygen atoms in total. The molecule has 168 valence electrons. The first-order chi connectivity index (χ1) is 15.3. The summed E-state index contributed by atoms with van der Waals surface area (Å²) in [4.78, 5) is 29.5. The lowest BCUT2D eigenvalue weighted by Gasteiger charge is -2.13. The van der Waals surface area contributed by atoms with E-state index in [4.69, 9.17) is 9.47 Å². The number of aliphatic imine (C=N–C) groups is 1. The quantitative estimate of drug-likeness (QED) is 0.334. The Labute approximate surface area is 189 Å². The maximum atomic E-state index is 12.8. The van der Waals surface area contributed by atoms with Gasteiger partial charge >= 0.3 is 5.69 Å². The van der Waals surface area contributed by atoms with Crippen molar-refractivity contribution >= 4 is 22.5 Å². The average molecular weight is 456 g/mol. The lowest BCUT2D eigenvalue weighted by Crippen LogP contribution is -2.39. The summed E-state index contributed by atoms with van der Waals surface area (Å²) in [5.41, 5.74) is 0.438. The van der Waals surface area contributed by atoms with Gasteiger partial charge in [0.1, 0.15) is 22.1 Å². The molecule has 0 atom stereocenters. The molecule has 2 aromatic carbocycles. The lowest BCUT2D eigenvalue weighted by atomic mass is 10.2. The standard InChI is InChI=1S/C23H25N3O5S/c1-15-5-9-18(10-6-15)31-13-14-32-20(24-16-7-11-17(30-4)12-8-16)19-21(27)25(2)23(29)26(3)22(19)28/h5-12,27H,13-14H2,1-4H3. The van der Waals surface area contributed by atoms with Crippen LogP contribution >= 0.6 is 11.8 Å². The van der Waals surface area contributed by atoms with Crippen LogP contribution in [0, 0.1) is 6.92 Å². The van der Waals surface area contributed by atoms with Crippen molar-refractivity contribution < 1.29 is 14.6 Å². The number of ether oxygens (including phenoxy) is 2. The Hall–Kier alpha value is -3.46. The fourth-order valence-corrected chi connectivity index (χ4v) is 3.74. The third-order valence-electron chi connectivity index (χ3n) is 4.76. The third-order valence-corrected chi connectivity index (χ3v) is 5.70. The molecule has 3 aromatic rings. The summed E-state index contributed by atoms with van der Waals surface area (Å²) in [5, 5.41) is 10.9. The van der Waals surface area contributed by atoms with Crippen molar-refractivity contribution in [2.45, 2.75) is 6.92 Å². The Balaban J connectivity index is 1.91. The predicted molar refractivity (Wildman–Crippen MR) is 127 cm³/mol. The summed E-state index contributed by atoms with van der Waals surface area (Å²) in [7, 11) is 4.33. The Morgan fingerprint density at radius 3 is 2.25 bits per heavy atom. The SMILES string of the molecule is COc1ccc(N=C(SCCOc2ccc(C)cc2)c2c(O)n(C)c(=O)n(C)c2=O)cc1. The fraction of sp³-hybridized carbons (Fsp3) is 0.261. The molecule has 0 aliphatic heterocycles. The van der Waals surface area contributed by atoms with E-state index < -0.39 is 17.1 Å². The van der Waals surface area contributed by atoms with E-state index in [0.717, 1.165) is 20.4 Å². The van der Waals surface area contributed by atoms with Crippen molar-refractivity contribution in [1.29, 1.82) is 0 Å². The number of aryl methyl sites for hydroxylation is 1. The van der Waals surface area contributed by atoms with Crippen LogP contribution in [0.25, 0.3) is 0 Å². The van der Waals surface area contributed by atoms with E-state index in [-0.39, 0.29) is 10.6 Å². The van der Waals surface area contributed by atoms with E-state index in [1.807, 2.05) is 31.2 Å². The second-order valence-electron chi connectivity index (χ2n) is 7.03. The number of hydrogen-bond donors (Lipinski definition) is 1. The van der Waals surface area contributed by atoms with Gasteiger partial charge in [-0.3, -0.25) is 13.9 Å². The zero-order valence-corrected chi connectivity index (χ0v) is 19.2. The Kier molecular flexibility index (Phi) is 7.42. The molecule has 0 amide bonds. The van der Waals surface area contributed by atoms with E-state index in [9.17, 15) is 14.7 Å². The predicted octanol–water partition coefficient (Wildman–Crippen LogP) is 3.00. The minimum absolute atomic E-state index is 0.0363. The highest BCUT2D eigenvalue weighted by molar-refractivity contribution is 8.14. The van der Waals surface area contributed by atoms with Crippen molar-refractivity contribution in [3.05, 3.63) is 80.5 Å². The molecule has 1 aromatic heterocycles. The number of nitrogens with zero attached hydrogens (tertiary/aromatic N) is 3. The fourth-order valence-electron chi connectivity index (χ4n) is 2.89. The zero-order valence-electron chi connectivity index (χ0n) is 18.4. The maximum Gasteiger partial charge on any atom is 0.333 e. The highest BCUT2D eigenvalue weighted by Crippen LogP contribution is 2.25. The summed E-state index contributed by atoms with van der Waals surface area (Å²) < 4.78 is 12.9.